The predicted molar refractivity (Wildman–Crippen MR) is 186 cm³/mol. The fourth-order valence-corrected chi connectivity index (χ4v) is 5.99. The van der Waals surface area contributed by atoms with Crippen LogP contribution < -0.4 is 5.32 Å². The number of hydrogen-bond donors (Lipinski definition) is 1. The number of hydrogen-bond acceptors (Lipinski definition) is 1. The molecule has 0 heterocycles. The van der Waals surface area contributed by atoms with E-state index < -0.39 is 0 Å². The summed E-state index contributed by atoms with van der Waals surface area (Å²) in [5.41, 5.74) is 12.1. The molecule has 0 aliphatic heterocycles. The lowest BCUT2D eigenvalue weighted by atomic mass is 9.86. The molecule has 1 heteroatoms. The third-order valence-corrected chi connectivity index (χ3v) is 8.55. The van der Waals surface area contributed by atoms with E-state index >= 15 is 0 Å². The van der Waals surface area contributed by atoms with Gasteiger partial charge in [-0.3, -0.25) is 0 Å². The fraction of sp³-hybridized carbons (Fsp3) is 0.415. The summed E-state index contributed by atoms with van der Waals surface area (Å²) < 4.78 is 0. The van der Waals surface area contributed by atoms with Crippen LogP contribution in [0.15, 0.2) is 91.0 Å². The van der Waals surface area contributed by atoms with E-state index in [1.807, 2.05) is 0 Å². The molecule has 0 atom stereocenters. The zero-order chi connectivity index (χ0) is 29.4. The summed E-state index contributed by atoms with van der Waals surface area (Å²) in [5, 5.41) is 3.55. The number of nitrogens with one attached hydrogen (secondary N) is 1. The zero-order valence-electron chi connectivity index (χ0n) is 26.6. The summed E-state index contributed by atoms with van der Waals surface area (Å²) in [7, 11) is 0. The Hall–Kier alpha value is -3.32. The predicted octanol–water partition coefficient (Wildman–Crippen LogP) is 12.9. The molecule has 4 aromatic carbocycles. The second-order valence-corrected chi connectivity index (χ2v) is 12.1. The van der Waals surface area contributed by atoms with Gasteiger partial charge in [-0.2, -0.15) is 0 Å². The quantitative estimate of drug-likeness (QED) is 0.120. The highest BCUT2D eigenvalue weighted by Crippen LogP contribution is 2.35. The first-order valence-electron chi connectivity index (χ1n) is 16.8. The van der Waals surface area contributed by atoms with E-state index in [0.29, 0.717) is 0 Å². The van der Waals surface area contributed by atoms with Gasteiger partial charge in [-0.25, -0.2) is 0 Å². The number of benzene rings is 4. The number of para-hydroxylation sites is 1. The molecule has 1 nitrogen and oxygen atoms in total. The maximum absolute atomic E-state index is 3.55. The Morgan fingerprint density at radius 1 is 0.452 bits per heavy atom. The van der Waals surface area contributed by atoms with Gasteiger partial charge in [0.2, 0.25) is 0 Å². The van der Waals surface area contributed by atoms with Gasteiger partial charge in [0.25, 0.3) is 0 Å². The molecule has 0 saturated heterocycles. The Bertz CT molecular complexity index is 1300. The smallest absolute Gasteiger partial charge is 0.0384 e. The molecule has 0 radical (unpaired) electrons. The van der Waals surface area contributed by atoms with E-state index in [1.165, 1.54) is 116 Å². The van der Waals surface area contributed by atoms with Crippen LogP contribution in [0.4, 0.5) is 11.4 Å². The second kappa shape index (κ2) is 17.6. The third-order valence-electron chi connectivity index (χ3n) is 8.55. The molecule has 0 unspecified atom stereocenters. The Morgan fingerprint density at radius 3 is 1.38 bits per heavy atom. The van der Waals surface area contributed by atoms with Crippen LogP contribution in [0.1, 0.15) is 108 Å². The number of anilines is 2. The van der Waals surface area contributed by atoms with Crippen LogP contribution in [0, 0.1) is 6.92 Å². The Balaban J connectivity index is 1.63. The largest absolute Gasteiger partial charge is 0.356 e. The monoisotopic (exact) mass is 559 g/mol. The van der Waals surface area contributed by atoms with Crippen molar-refractivity contribution in [2.75, 3.05) is 5.32 Å². The Morgan fingerprint density at radius 2 is 0.881 bits per heavy atom. The molecule has 0 saturated carbocycles. The van der Waals surface area contributed by atoms with Crippen LogP contribution in [-0.4, -0.2) is 0 Å². The van der Waals surface area contributed by atoms with Crippen LogP contribution in [0.25, 0.3) is 22.3 Å². The van der Waals surface area contributed by atoms with Crippen LogP contribution >= 0.6 is 0 Å². The average Bonchev–Trinajstić information content (AvgIpc) is 3.02. The molecule has 0 aliphatic carbocycles. The first kappa shape index (κ1) is 31.6. The molecular formula is C41H53N. The summed E-state index contributed by atoms with van der Waals surface area (Å²) in [6.45, 7) is 6.78. The minimum Gasteiger partial charge on any atom is -0.356 e. The molecule has 0 amide bonds. The molecule has 4 rings (SSSR count). The fourth-order valence-electron chi connectivity index (χ4n) is 5.99. The van der Waals surface area contributed by atoms with Crippen molar-refractivity contribution >= 4 is 11.4 Å². The van der Waals surface area contributed by atoms with Crippen LogP contribution in [-0.2, 0) is 12.8 Å². The van der Waals surface area contributed by atoms with E-state index in [0.717, 1.165) is 24.2 Å². The van der Waals surface area contributed by atoms with Crippen molar-refractivity contribution in [2.24, 2.45) is 0 Å². The standard InChI is InChI=1S/C41H53N/c1-4-6-8-10-12-15-19-36-32-41(35-27-29-39(30-28-35)42-38-21-17-14-18-22-38)37(20-16-13-11-9-7-5-2)31-40(36)34-25-23-33(3)24-26-34/h14,17-18,21-32,42H,4-13,15-16,19-20H2,1-3H3. The summed E-state index contributed by atoms with van der Waals surface area (Å²) >= 11 is 0. The SMILES string of the molecule is CCCCCCCCc1cc(-c2ccc(Nc3ccccc3)cc2)c(CCCCCCCC)cc1-c1ccc(C)cc1. The first-order valence-corrected chi connectivity index (χ1v) is 16.8. The molecule has 42 heavy (non-hydrogen) atoms. The van der Waals surface area contributed by atoms with Gasteiger partial charge in [0.15, 0.2) is 0 Å². The lowest BCUT2D eigenvalue weighted by Crippen LogP contribution is -1.99. The third kappa shape index (κ3) is 9.90. The molecule has 0 bridgehead atoms. The maximum Gasteiger partial charge on any atom is 0.0384 e. The van der Waals surface area contributed by atoms with Crippen molar-refractivity contribution in [1.82, 2.24) is 0 Å². The lowest BCUT2D eigenvalue weighted by molar-refractivity contribution is 0.606. The molecule has 0 aromatic heterocycles. The van der Waals surface area contributed by atoms with Crippen molar-refractivity contribution in [3.63, 3.8) is 0 Å². The summed E-state index contributed by atoms with van der Waals surface area (Å²) in [4.78, 5) is 0. The van der Waals surface area contributed by atoms with Crippen LogP contribution in [0.5, 0.6) is 0 Å². The number of rotatable bonds is 18. The van der Waals surface area contributed by atoms with E-state index in [-0.39, 0.29) is 0 Å². The van der Waals surface area contributed by atoms with E-state index in [2.05, 4.69) is 117 Å². The van der Waals surface area contributed by atoms with Gasteiger partial charge in [-0.1, -0.05) is 150 Å². The minimum atomic E-state index is 1.12. The van der Waals surface area contributed by atoms with E-state index in [1.54, 1.807) is 0 Å². The first-order chi connectivity index (χ1) is 20.7. The zero-order valence-corrected chi connectivity index (χ0v) is 26.6. The lowest BCUT2D eigenvalue weighted by Gasteiger charge is -2.18. The highest BCUT2D eigenvalue weighted by molar-refractivity contribution is 5.78. The topological polar surface area (TPSA) is 12.0 Å². The van der Waals surface area contributed by atoms with Crippen molar-refractivity contribution in [3.05, 3.63) is 108 Å². The van der Waals surface area contributed by atoms with Crippen LogP contribution in [0.2, 0.25) is 0 Å². The number of unbranched alkanes of at least 4 members (excludes halogenated alkanes) is 10. The van der Waals surface area contributed by atoms with Gasteiger partial charge in [0, 0.05) is 11.4 Å². The van der Waals surface area contributed by atoms with Crippen LogP contribution in [0.3, 0.4) is 0 Å². The summed E-state index contributed by atoms with van der Waals surface area (Å²) in [6, 6.07) is 33.8. The Labute approximate surface area is 256 Å². The molecule has 0 fully saturated rings. The molecule has 4 aromatic rings. The summed E-state index contributed by atoms with van der Waals surface area (Å²) in [6.07, 6.45) is 18.2. The van der Waals surface area contributed by atoms with Gasteiger partial charge >= 0.3 is 0 Å². The summed E-state index contributed by atoms with van der Waals surface area (Å²) in [5.74, 6) is 0. The normalized spacial score (nSPS) is 11.1. The van der Waals surface area contributed by atoms with E-state index in [9.17, 15) is 0 Å². The average molecular weight is 560 g/mol. The molecule has 0 spiro atoms. The van der Waals surface area contributed by atoms with Gasteiger partial charge in [0.05, 0.1) is 0 Å². The van der Waals surface area contributed by atoms with Crippen molar-refractivity contribution < 1.29 is 0 Å². The van der Waals surface area contributed by atoms with Crippen molar-refractivity contribution in [3.8, 4) is 22.3 Å². The highest BCUT2D eigenvalue weighted by Gasteiger charge is 2.14. The van der Waals surface area contributed by atoms with Gasteiger partial charge < -0.3 is 5.32 Å². The Kier molecular flexibility index (Phi) is 13.2. The van der Waals surface area contributed by atoms with E-state index in [4.69, 9.17) is 0 Å². The van der Waals surface area contributed by atoms with Gasteiger partial charge in [-0.15, -0.1) is 0 Å². The molecule has 1 N–H and O–H groups in total. The molecule has 0 aliphatic rings. The van der Waals surface area contributed by atoms with Gasteiger partial charge in [-0.05, 0) is 90.3 Å². The molecular weight excluding hydrogens is 506 g/mol. The molecule has 222 valence electrons. The minimum absolute atomic E-state index is 1.12. The highest BCUT2D eigenvalue weighted by atomic mass is 14.9. The van der Waals surface area contributed by atoms with Crippen molar-refractivity contribution in [2.45, 2.75) is 111 Å². The van der Waals surface area contributed by atoms with Crippen molar-refractivity contribution in [1.29, 1.82) is 0 Å². The maximum atomic E-state index is 3.55. The van der Waals surface area contributed by atoms with Gasteiger partial charge in [0.1, 0.15) is 0 Å². The second-order valence-electron chi connectivity index (χ2n) is 12.1. The number of aryl methyl sites for hydroxylation is 3.